The smallest absolute Gasteiger partial charge is 0.254 e. The molecule has 5 heteroatoms. The van der Waals surface area contributed by atoms with Gasteiger partial charge in [0, 0.05) is 29.7 Å². The first-order valence-electron chi connectivity index (χ1n) is 7.36. The molecule has 0 saturated carbocycles. The van der Waals surface area contributed by atoms with Crippen LogP contribution in [0.1, 0.15) is 35.7 Å². The molecule has 2 aliphatic rings. The van der Waals surface area contributed by atoms with Gasteiger partial charge in [0.25, 0.3) is 5.91 Å². The van der Waals surface area contributed by atoms with Gasteiger partial charge in [0.2, 0.25) is 5.91 Å². The number of amides is 2. The van der Waals surface area contributed by atoms with Gasteiger partial charge >= 0.3 is 0 Å². The summed E-state index contributed by atoms with van der Waals surface area (Å²) >= 11 is 5.95. The van der Waals surface area contributed by atoms with Crippen LogP contribution in [0.3, 0.4) is 0 Å². The number of aryl methyl sites for hydroxylation is 1. The molecule has 112 valence electrons. The molecule has 1 aromatic carbocycles. The second-order valence-electron chi connectivity index (χ2n) is 5.92. The molecule has 2 saturated heterocycles. The molecule has 2 atom stereocenters. The molecule has 2 amide bonds. The van der Waals surface area contributed by atoms with Crippen molar-refractivity contribution in [1.29, 1.82) is 0 Å². The summed E-state index contributed by atoms with van der Waals surface area (Å²) in [6.07, 6.45) is 2.02. The van der Waals surface area contributed by atoms with E-state index in [0.29, 0.717) is 17.1 Å². The number of hydrogen-bond acceptors (Lipinski definition) is 2. The molecular formula is C16H19ClN2O2. The lowest BCUT2D eigenvalue weighted by molar-refractivity contribution is -0.141. The SMILES string of the molecule is Cc1cc(Cl)ccc1C(=O)N1C[C@@H]2CCCN2C(=O)[C@H]1C. The highest BCUT2D eigenvalue weighted by Gasteiger charge is 2.42. The maximum absolute atomic E-state index is 12.8. The Morgan fingerprint density at radius 1 is 1.38 bits per heavy atom. The molecule has 0 N–H and O–H groups in total. The van der Waals surface area contributed by atoms with Crippen molar-refractivity contribution in [3.8, 4) is 0 Å². The predicted octanol–water partition coefficient (Wildman–Crippen LogP) is 2.48. The fourth-order valence-corrected chi connectivity index (χ4v) is 3.58. The van der Waals surface area contributed by atoms with Gasteiger partial charge in [0.15, 0.2) is 0 Å². The summed E-state index contributed by atoms with van der Waals surface area (Å²) < 4.78 is 0. The van der Waals surface area contributed by atoms with Crippen molar-refractivity contribution in [3.63, 3.8) is 0 Å². The van der Waals surface area contributed by atoms with E-state index < -0.39 is 0 Å². The van der Waals surface area contributed by atoms with Crippen molar-refractivity contribution in [3.05, 3.63) is 34.3 Å². The van der Waals surface area contributed by atoms with E-state index in [4.69, 9.17) is 11.6 Å². The number of rotatable bonds is 1. The van der Waals surface area contributed by atoms with Crippen LogP contribution in [-0.2, 0) is 4.79 Å². The largest absolute Gasteiger partial charge is 0.336 e. The van der Waals surface area contributed by atoms with Crippen LogP contribution in [0.4, 0.5) is 0 Å². The van der Waals surface area contributed by atoms with Gasteiger partial charge in [-0.1, -0.05) is 11.6 Å². The van der Waals surface area contributed by atoms with Crippen molar-refractivity contribution >= 4 is 23.4 Å². The highest BCUT2D eigenvalue weighted by Crippen LogP contribution is 2.27. The normalized spacial score (nSPS) is 25.2. The number of halogens is 1. The van der Waals surface area contributed by atoms with Gasteiger partial charge in [-0.25, -0.2) is 0 Å². The monoisotopic (exact) mass is 306 g/mol. The summed E-state index contributed by atoms with van der Waals surface area (Å²) in [5.41, 5.74) is 1.48. The van der Waals surface area contributed by atoms with Crippen molar-refractivity contribution in [2.75, 3.05) is 13.1 Å². The lowest BCUT2D eigenvalue weighted by atomic mass is 10.0. The predicted molar refractivity (Wildman–Crippen MR) is 81.4 cm³/mol. The highest BCUT2D eigenvalue weighted by atomic mass is 35.5. The van der Waals surface area contributed by atoms with Gasteiger partial charge in [-0.05, 0) is 50.5 Å². The van der Waals surface area contributed by atoms with E-state index >= 15 is 0 Å². The third-order valence-corrected chi connectivity index (χ3v) is 4.81. The molecule has 2 aliphatic heterocycles. The lowest BCUT2D eigenvalue weighted by Crippen LogP contribution is -2.60. The minimum atomic E-state index is -0.387. The maximum atomic E-state index is 12.8. The zero-order valence-electron chi connectivity index (χ0n) is 12.3. The molecule has 0 bridgehead atoms. The number of fused-ring (bicyclic) bond motifs is 1. The molecule has 0 aromatic heterocycles. The summed E-state index contributed by atoms with van der Waals surface area (Å²) in [7, 11) is 0. The van der Waals surface area contributed by atoms with E-state index in [1.807, 2.05) is 18.7 Å². The standard InChI is InChI=1S/C16H19ClN2O2/c1-10-8-12(17)5-6-14(10)16(21)19-9-13-4-3-7-18(13)15(20)11(19)2/h5-6,8,11,13H,3-4,7,9H2,1-2H3/t11-,13+/m1/s1. The zero-order valence-corrected chi connectivity index (χ0v) is 13.1. The van der Waals surface area contributed by atoms with Crippen LogP contribution in [-0.4, -0.2) is 46.8 Å². The summed E-state index contributed by atoms with van der Waals surface area (Å²) in [6, 6.07) is 5.05. The Kier molecular flexibility index (Phi) is 3.66. The summed E-state index contributed by atoms with van der Waals surface area (Å²) in [5, 5.41) is 0.619. The molecule has 0 aliphatic carbocycles. The molecule has 0 spiro atoms. The van der Waals surface area contributed by atoms with Crippen molar-refractivity contribution in [2.45, 2.75) is 38.8 Å². The molecule has 0 radical (unpaired) electrons. The molecule has 21 heavy (non-hydrogen) atoms. The molecule has 3 rings (SSSR count). The molecule has 2 fully saturated rings. The second kappa shape index (κ2) is 5.34. The first-order valence-corrected chi connectivity index (χ1v) is 7.74. The Morgan fingerprint density at radius 2 is 2.14 bits per heavy atom. The first-order chi connectivity index (χ1) is 9.99. The Labute approximate surface area is 129 Å². The van der Waals surface area contributed by atoms with Crippen LogP contribution in [0.2, 0.25) is 5.02 Å². The second-order valence-corrected chi connectivity index (χ2v) is 6.36. The fourth-order valence-electron chi connectivity index (χ4n) is 3.35. The fraction of sp³-hybridized carbons (Fsp3) is 0.500. The van der Waals surface area contributed by atoms with Crippen LogP contribution < -0.4 is 0 Å². The summed E-state index contributed by atoms with van der Waals surface area (Å²) in [5.74, 6) is 0.000262. The third-order valence-electron chi connectivity index (χ3n) is 4.57. The quantitative estimate of drug-likeness (QED) is 0.800. The minimum absolute atomic E-state index is 0.0726. The van der Waals surface area contributed by atoms with Crippen LogP contribution in [0.5, 0.6) is 0 Å². The van der Waals surface area contributed by atoms with E-state index in [1.54, 1.807) is 23.1 Å². The minimum Gasteiger partial charge on any atom is -0.336 e. The van der Waals surface area contributed by atoms with Gasteiger partial charge in [-0.3, -0.25) is 9.59 Å². The van der Waals surface area contributed by atoms with E-state index in [-0.39, 0.29) is 23.9 Å². The van der Waals surface area contributed by atoms with Crippen molar-refractivity contribution in [2.24, 2.45) is 0 Å². The van der Waals surface area contributed by atoms with Gasteiger partial charge in [0.1, 0.15) is 6.04 Å². The summed E-state index contributed by atoms with van der Waals surface area (Å²) in [4.78, 5) is 28.8. The number of carbonyl (C=O) groups is 2. The van der Waals surface area contributed by atoms with Gasteiger partial charge in [-0.2, -0.15) is 0 Å². The summed E-state index contributed by atoms with van der Waals surface area (Å²) in [6.45, 7) is 5.15. The third kappa shape index (κ3) is 2.42. The Balaban J connectivity index is 1.88. The number of hydrogen-bond donors (Lipinski definition) is 0. The van der Waals surface area contributed by atoms with E-state index in [9.17, 15) is 9.59 Å². The van der Waals surface area contributed by atoms with Crippen LogP contribution in [0, 0.1) is 6.92 Å². The topological polar surface area (TPSA) is 40.6 Å². The van der Waals surface area contributed by atoms with Crippen LogP contribution >= 0.6 is 11.6 Å². The van der Waals surface area contributed by atoms with Crippen LogP contribution in [0.15, 0.2) is 18.2 Å². The Hall–Kier alpha value is -1.55. The van der Waals surface area contributed by atoms with Crippen LogP contribution in [0.25, 0.3) is 0 Å². The lowest BCUT2D eigenvalue weighted by Gasteiger charge is -2.41. The number of piperazine rings is 1. The van der Waals surface area contributed by atoms with Gasteiger partial charge in [-0.15, -0.1) is 0 Å². The molecule has 0 unspecified atom stereocenters. The first kappa shape index (κ1) is 14.4. The molecule has 4 nitrogen and oxygen atoms in total. The number of carbonyl (C=O) groups excluding carboxylic acids is 2. The highest BCUT2D eigenvalue weighted by molar-refractivity contribution is 6.30. The van der Waals surface area contributed by atoms with Crippen molar-refractivity contribution < 1.29 is 9.59 Å². The molecule has 2 heterocycles. The van der Waals surface area contributed by atoms with E-state index in [2.05, 4.69) is 0 Å². The van der Waals surface area contributed by atoms with E-state index in [0.717, 1.165) is 24.9 Å². The van der Waals surface area contributed by atoms with Gasteiger partial charge < -0.3 is 9.80 Å². The average molecular weight is 307 g/mol. The molecular weight excluding hydrogens is 288 g/mol. The maximum Gasteiger partial charge on any atom is 0.254 e. The van der Waals surface area contributed by atoms with E-state index in [1.165, 1.54) is 0 Å². The number of nitrogens with zero attached hydrogens (tertiary/aromatic N) is 2. The van der Waals surface area contributed by atoms with Crippen molar-refractivity contribution in [1.82, 2.24) is 9.80 Å². The zero-order chi connectivity index (χ0) is 15.1. The van der Waals surface area contributed by atoms with Gasteiger partial charge in [0.05, 0.1) is 0 Å². The molecule has 1 aromatic rings. The Bertz CT molecular complexity index is 602. The Morgan fingerprint density at radius 3 is 2.86 bits per heavy atom. The number of benzene rings is 1. The average Bonchev–Trinajstić information content (AvgIpc) is 2.90.